The van der Waals surface area contributed by atoms with E-state index in [0.29, 0.717) is 11.4 Å². The molecule has 22 heavy (non-hydrogen) atoms. The molecule has 2 rings (SSSR count). The summed E-state index contributed by atoms with van der Waals surface area (Å²) in [5.41, 5.74) is 0.296. The standard InChI is InChI=1S/C14H10ClFN2O3S/c15-13-9-12(5-6-14(13)16)22(19,20)18-10-1-3-11(4-2-10)21-8-7-17/h1-6,9,18H,8H2. The SMILES string of the molecule is N#CCOc1ccc(NS(=O)(=O)c2ccc(F)c(Cl)c2)cc1. The van der Waals surface area contributed by atoms with Crippen molar-refractivity contribution < 1.29 is 17.5 Å². The zero-order valence-corrected chi connectivity index (χ0v) is 12.7. The number of hydrogen-bond acceptors (Lipinski definition) is 4. The molecule has 0 radical (unpaired) electrons. The molecule has 0 aromatic heterocycles. The van der Waals surface area contributed by atoms with Crippen LogP contribution in [0.4, 0.5) is 10.1 Å². The first-order chi connectivity index (χ1) is 10.4. The van der Waals surface area contributed by atoms with Crippen LogP contribution in [0.15, 0.2) is 47.4 Å². The number of nitrogens with zero attached hydrogens (tertiary/aromatic N) is 1. The molecule has 1 N–H and O–H groups in total. The average Bonchev–Trinajstić information content (AvgIpc) is 2.49. The summed E-state index contributed by atoms with van der Waals surface area (Å²) in [7, 11) is -3.88. The van der Waals surface area contributed by atoms with Crippen LogP contribution < -0.4 is 9.46 Å². The fourth-order valence-electron chi connectivity index (χ4n) is 1.59. The van der Waals surface area contributed by atoms with E-state index in [4.69, 9.17) is 21.6 Å². The Balaban J connectivity index is 2.18. The summed E-state index contributed by atoms with van der Waals surface area (Å²) in [6, 6.07) is 11.0. The van der Waals surface area contributed by atoms with E-state index in [1.165, 1.54) is 24.3 Å². The van der Waals surface area contributed by atoms with E-state index in [1.54, 1.807) is 0 Å². The predicted octanol–water partition coefficient (Wildman–Crippen LogP) is 3.18. The van der Waals surface area contributed by atoms with Gasteiger partial charge in [0.1, 0.15) is 17.6 Å². The predicted molar refractivity (Wildman–Crippen MR) is 79.8 cm³/mol. The lowest BCUT2D eigenvalue weighted by molar-refractivity contribution is 0.368. The summed E-state index contributed by atoms with van der Waals surface area (Å²) >= 11 is 5.58. The van der Waals surface area contributed by atoms with Gasteiger partial charge in [0.15, 0.2) is 6.61 Å². The molecule has 0 aliphatic carbocycles. The fraction of sp³-hybridized carbons (Fsp3) is 0.0714. The third-order valence-electron chi connectivity index (χ3n) is 2.61. The number of nitriles is 1. The van der Waals surface area contributed by atoms with E-state index >= 15 is 0 Å². The van der Waals surface area contributed by atoms with Gasteiger partial charge in [-0.05, 0) is 42.5 Å². The summed E-state index contributed by atoms with van der Waals surface area (Å²) < 4.78 is 44.8. The molecule has 0 aliphatic heterocycles. The summed E-state index contributed by atoms with van der Waals surface area (Å²) in [5.74, 6) is -0.256. The molecule has 0 amide bonds. The van der Waals surface area contributed by atoms with Gasteiger partial charge in [0.05, 0.1) is 9.92 Å². The molecule has 0 spiro atoms. The van der Waals surface area contributed by atoms with Crippen molar-refractivity contribution in [1.29, 1.82) is 5.26 Å². The molecule has 0 saturated carbocycles. The monoisotopic (exact) mass is 340 g/mol. The van der Waals surface area contributed by atoms with Crippen molar-refractivity contribution in [3.63, 3.8) is 0 Å². The number of benzene rings is 2. The topological polar surface area (TPSA) is 79.2 Å². The first-order valence-corrected chi connectivity index (χ1v) is 7.86. The molecule has 0 fully saturated rings. The third kappa shape index (κ3) is 3.87. The van der Waals surface area contributed by atoms with E-state index < -0.39 is 15.8 Å². The van der Waals surface area contributed by atoms with E-state index in [1.807, 2.05) is 6.07 Å². The van der Waals surface area contributed by atoms with Gasteiger partial charge < -0.3 is 4.74 Å². The highest BCUT2D eigenvalue weighted by Crippen LogP contribution is 2.23. The van der Waals surface area contributed by atoms with Gasteiger partial charge in [-0.15, -0.1) is 0 Å². The minimum atomic E-state index is -3.88. The number of sulfonamides is 1. The van der Waals surface area contributed by atoms with Gasteiger partial charge in [0.25, 0.3) is 10.0 Å². The Kier molecular flexibility index (Phi) is 4.85. The van der Waals surface area contributed by atoms with Crippen molar-refractivity contribution >= 4 is 27.3 Å². The van der Waals surface area contributed by atoms with Crippen molar-refractivity contribution in [2.24, 2.45) is 0 Å². The Morgan fingerprint density at radius 3 is 2.50 bits per heavy atom. The third-order valence-corrected chi connectivity index (χ3v) is 4.28. The van der Waals surface area contributed by atoms with Crippen LogP contribution >= 0.6 is 11.6 Å². The van der Waals surface area contributed by atoms with Crippen molar-refractivity contribution in [2.75, 3.05) is 11.3 Å². The Morgan fingerprint density at radius 1 is 1.23 bits per heavy atom. The van der Waals surface area contributed by atoms with Crippen LogP contribution in [0.25, 0.3) is 0 Å². The lowest BCUT2D eigenvalue weighted by Gasteiger charge is -2.09. The summed E-state index contributed by atoms with van der Waals surface area (Å²) in [4.78, 5) is -0.149. The van der Waals surface area contributed by atoms with Crippen LogP contribution in [0.2, 0.25) is 5.02 Å². The van der Waals surface area contributed by atoms with Gasteiger partial charge in [0.2, 0.25) is 0 Å². The van der Waals surface area contributed by atoms with Gasteiger partial charge in [-0.25, -0.2) is 12.8 Å². The van der Waals surface area contributed by atoms with E-state index in [-0.39, 0.29) is 16.5 Å². The van der Waals surface area contributed by atoms with Crippen molar-refractivity contribution in [3.05, 3.63) is 53.3 Å². The molecular formula is C14H10ClFN2O3S. The summed E-state index contributed by atoms with van der Waals surface area (Å²) in [6.07, 6.45) is 0. The molecule has 0 atom stereocenters. The molecule has 2 aromatic carbocycles. The Bertz CT molecular complexity index is 817. The van der Waals surface area contributed by atoms with Crippen molar-refractivity contribution in [3.8, 4) is 11.8 Å². The highest BCUT2D eigenvalue weighted by Gasteiger charge is 2.16. The number of anilines is 1. The Morgan fingerprint density at radius 2 is 1.91 bits per heavy atom. The lowest BCUT2D eigenvalue weighted by atomic mass is 10.3. The Hall–Kier alpha value is -2.30. The van der Waals surface area contributed by atoms with Crippen LogP contribution in [0.5, 0.6) is 5.75 Å². The minimum absolute atomic E-state index is 0.0981. The molecule has 0 saturated heterocycles. The van der Waals surface area contributed by atoms with Gasteiger partial charge >= 0.3 is 0 Å². The maximum Gasteiger partial charge on any atom is 0.261 e. The van der Waals surface area contributed by atoms with Gasteiger partial charge in [0, 0.05) is 5.69 Å². The zero-order valence-electron chi connectivity index (χ0n) is 11.1. The second-order valence-corrected chi connectivity index (χ2v) is 6.24. The number of ether oxygens (including phenoxy) is 1. The molecule has 0 aliphatic rings. The number of hydrogen-bond donors (Lipinski definition) is 1. The largest absolute Gasteiger partial charge is 0.479 e. The lowest BCUT2D eigenvalue weighted by Crippen LogP contribution is -2.13. The molecular weight excluding hydrogens is 331 g/mol. The molecule has 0 bridgehead atoms. The number of halogens is 2. The highest BCUT2D eigenvalue weighted by atomic mass is 35.5. The van der Waals surface area contributed by atoms with Crippen molar-refractivity contribution in [1.82, 2.24) is 0 Å². The average molecular weight is 341 g/mol. The second kappa shape index (κ2) is 6.64. The van der Waals surface area contributed by atoms with Crippen LogP contribution in [-0.4, -0.2) is 15.0 Å². The van der Waals surface area contributed by atoms with Crippen LogP contribution in [0, 0.1) is 17.1 Å². The molecule has 8 heteroatoms. The quantitative estimate of drug-likeness (QED) is 0.906. The first-order valence-electron chi connectivity index (χ1n) is 6.00. The maximum absolute atomic E-state index is 13.1. The maximum atomic E-state index is 13.1. The molecule has 2 aromatic rings. The smallest absolute Gasteiger partial charge is 0.261 e. The highest BCUT2D eigenvalue weighted by molar-refractivity contribution is 7.92. The van der Waals surface area contributed by atoms with Gasteiger partial charge in [-0.3, -0.25) is 4.72 Å². The van der Waals surface area contributed by atoms with E-state index in [0.717, 1.165) is 18.2 Å². The second-order valence-electron chi connectivity index (χ2n) is 4.15. The number of nitrogens with one attached hydrogen (secondary N) is 1. The van der Waals surface area contributed by atoms with Gasteiger partial charge in [-0.1, -0.05) is 11.6 Å². The van der Waals surface area contributed by atoms with Crippen LogP contribution in [0.1, 0.15) is 0 Å². The van der Waals surface area contributed by atoms with Crippen LogP contribution in [0.3, 0.4) is 0 Å². The van der Waals surface area contributed by atoms with Gasteiger partial charge in [-0.2, -0.15) is 5.26 Å². The number of rotatable bonds is 5. The zero-order chi connectivity index (χ0) is 16.2. The van der Waals surface area contributed by atoms with E-state index in [9.17, 15) is 12.8 Å². The van der Waals surface area contributed by atoms with E-state index in [2.05, 4.69) is 4.72 Å². The normalized spacial score (nSPS) is 10.8. The molecule has 114 valence electrons. The summed E-state index contributed by atoms with van der Waals surface area (Å²) in [6.45, 7) is -0.0981. The minimum Gasteiger partial charge on any atom is -0.479 e. The molecule has 5 nitrogen and oxygen atoms in total. The Labute approximate surface area is 132 Å². The molecule has 0 heterocycles. The first kappa shape index (κ1) is 16.1. The summed E-state index contributed by atoms with van der Waals surface area (Å²) in [5, 5.41) is 8.12. The van der Waals surface area contributed by atoms with Crippen molar-refractivity contribution in [2.45, 2.75) is 4.90 Å². The van der Waals surface area contributed by atoms with Crippen LogP contribution in [-0.2, 0) is 10.0 Å². The molecule has 0 unspecified atom stereocenters. The fourth-order valence-corrected chi connectivity index (χ4v) is 2.92.